The highest BCUT2D eigenvalue weighted by molar-refractivity contribution is 5.78. The summed E-state index contributed by atoms with van der Waals surface area (Å²) in [5, 5.41) is 4.32. The molecule has 0 spiro atoms. The first-order chi connectivity index (χ1) is 12.4. The molecule has 1 aromatic heterocycles. The van der Waals surface area contributed by atoms with Gasteiger partial charge in [-0.15, -0.1) is 0 Å². The van der Waals surface area contributed by atoms with Gasteiger partial charge in [0.15, 0.2) is 0 Å². The van der Waals surface area contributed by atoms with Crippen molar-refractivity contribution in [2.45, 2.75) is 25.3 Å². The van der Waals surface area contributed by atoms with Crippen molar-refractivity contribution in [1.82, 2.24) is 19.6 Å². The minimum Gasteiger partial charge on any atom is -0.345 e. The van der Waals surface area contributed by atoms with Crippen LogP contribution in [-0.4, -0.2) is 52.7 Å². The number of carbonyl (C=O) groups excluding carboxylic acids is 1. The molecule has 1 fully saturated rings. The molecule has 2 heterocycles. The normalized spacial score (nSPS) is 20.9. The minimum absolute atomic E-state index is 0.0646. The van der Waals surface area contributed by atoms with Gasteiger partial charge in [-0.05, 0) is 50.0 Å². The first-order valence-corrected chi connectivity index (χ1v) is 9.11. The molecule has 5 nitrogen and oxygen atoms in total. The summed E-state index contributed by atoms with van der Waals surface area (Å²) in [5.74, 6) is 0.161. The zero-order valence-corrected chi connectivity index (χ0v) is 15.7. The molecular formula is C20H27FN4O. The fourth-order valence-corrected chi connectivity index (χ4v) is 3.94. The quantitative estimate of drug-likeness (QED) is 0.825. The van der Waals surface area contributed by atoms with Crippen LogP contribution in [0.5, 0.6) is 0 Å². The fraction of sp³-hybridized carbons (Fsp3) is 0.500. The highest BCUT2D eigenvalue weighted by Crippen LogP contribution is 2.35. The Bertz CT molecular complexity index is 743. The number of rotatable bonds is 5. The molecule has 140 valence electrons. The standard InChI is InChI=1S/C20H27FN4O/c1-23-10-4-5-16(20(23)17-12-22-25(3)14-17)13-24(2)19(26)11-15-6-8-18(21)9-7-15/h6-9,12,14,16,20H,4-5,10-11,13H2,1-3H3/t16-,20+/m0/s1. The molecule has 1 aliphatic heterocycles. The molecule has 1 amide bonds. The van der Waals surface area contributed by atoms with Gasteiger partial charge in [-0.3, -0.25) is 14.4 Å². The lowest BCUT2D eigenvalue weighted by Crippen LogP contribution is -2.42. The maximum atomic E-state index is 13.0. The third-order valence-electron chi connectivity index (χ3n) is 5.28. The van der Waals surface area contributed by atoms with Gasteiger partial charge in [-0.1, -0.05) is 12.1 Å². The number of likely N-dealkylation sites (tertiary alicyclic amines) is 1. The lowest BCUT2D eigenvalue weighted by atomic mass is 9.85. The molecular weight excluding hydrogens is 331 g/mol. The van der Waals surface area contributed by atoms with Crippen LogP contribution < -0.4 is 0 Å². The molecule has 2 atom stereocenters. The molecule has 2 aromatic rings. The molecule has 0 bridgehead atoms. The van der Waals surface area contributed by atoms with Crippen molar-refractivity contribution >= 4 is 5.91 Å². The summed E-state index contributed by atoms with van der Waals surface area (Å²) in [6.07, 6.45) is 6.53. The summed E-state index contributed by atoms with van der Waals surface area (Å²) in [5.41, 5.74) is 2.05. The zero-order chi connectivity index (χ0) is 18.7. The van der Waals surface area contributed by atoms with Gasteiger partial charge >= 0.3 is 0 Å². The molecule has 0 unspecified atom stereocenters. The molecule has 1 aromatic carbocycles. The number of benzene rings is 1. The fourth-order valence-electron chi connectivity index (χ4n) is 3.94. The van der Waals surface area contributed by atoms with Crippen molar-refractivity contribution in [3.05, 3.63) is 53.6 Å². The number of aryl methyl sites for hydroxylation is 1. The summed E-state index contributed by atoms with van der Waals surface area (Å²) in [6, 6.07) is 6.43. The molecule has 0 aliphatic carbocycles. The third-order valence-corrected chi connectivity index (χ3v) is 5.28. The number of amides is 1. The molecule has 26 heavy (non-hydrogen) atoms. The van der Waals surface area contributed by atoms with Crippen LogP contribution >= 0.6 is 0 Å². The van der Waals surface area contributed by atoms with E-state index >= 15 is 0 Å². The molecule has 6 heteroatoms. The summed E-state index contributed by atoms with van der Waals surface area (Å²) in [4.78, 5) is 16.8. The number of likely N-dealkylation sites (N-methyl/N-ethyl adjacent to an activating group) is 1. The molecule has 1 saturated heterocycles. The number of hydrogen-bond acceptors (Lipinski definition) is 3. The van der Waals surface area contributed by atoms with Crippen LogP contribution in [-0.2, 0) is 18.3 Å². The number of halogens is 1. The Kier molecular flexibility index (Phi) is 5.71. The highest BCUT2D eigenvalue weighted by atomic mass is 19.1. The van der Waals surface area contributed by atoms with Crippen LogP contribution in [0.3, 0.4) is 0 Å². The molecule has 0 N–H and O–H groups in total. The van der Waals surface area contributed by atoms with Crippen molar-refractivity contribution in [3.8, 4) is 0 Å². The Morgan fingerprint density at radius 1 is 1.31 bits per heavy atom. The van der Waals surface area contributed by atoms with Crippen molar-refractivity contribution in [2.24, 2.45) is 13.0 Å². The molecule has 3 rings (SSSR count). The van der Waals surface area contributed by atoms with E-state index in [0.717, 1.165) is 24.9 Å². The van der Waals surface area contributed by atoms with Gasteiger partial charge in [0.1, 0.15) is 5.82 Å². The van der Waals surface area contributed by atoms with E-state index in [1.807, 2.05) is 29.9 Å². The van der Waals surface area contributed by atoms with Crippen molar-refractivity contribution in [3.63, 3.8) is 0 Å². The Hall–Kier alpha value is -2.21. The number of piperidine rings is 1. The highest BCUT2D eigenvalue weighted by Gasteiger charge is 2.32. The van der Waals surface area contributed by atoms with Gasteiger partial charge in [0.05, 0.1) is 12.6 Å². The second-order valence-electron chi connectivity index (χ2n) is 7.35. The van der Waals surface area contributed by atoms with Crippen molar-refractivity contribution < 1.29 is 9.18 Å². The Morgan fingerprint density at radius 2 is 2.04 bits per heavy atom. The minimum atomic E-state index is -0.279. The van der Waals surface area contributed by atoms with E-state index in [4.69, 9.17) is 0 Å². The molecule has 1 aliphatic rings. The average molecular weight is 358 g/mol. The second kappa shape index (κ2) is 7.99. The van der Waals surface area contributed by atoms with Crippen molar-refractivity contribution in [1.29, 1.82) is 0 Å². The van der Waals surface area contributed by atoms with E-state index in [2.05, 4.69) is 23.2 Å². The number of carbonyl (C=O) groups is 1. The second-order valence-corrected chi connectivity index (χ2v) is 7.35. The van der Waals surface area contributed by atoms with Gasteiger partial charge in [-0.2, -0.15) is 5.10 Å². The van der Waals surface area contributed by atoms with Gasteiger partial charge in [-0.25, -0.2) is 4.39 Å². The van der Waals surface area contributed by atoms with E-state index in [9.17, 15) is 9.18 Å². The Balaban J connectivity index is 1.66. The maximum absolute atomic E-state index is 13.0. The number of aromatic nitrogens is 2. The molecule has 0 radical (unpaired) electrons. The lowest BCUT2D eigenvalue weighted by Gasteiger charge is -2.40. The van der Waals surface area contributed by atoms with Crippen LogP contribution in [0.2, 0.25) is 0 Å². The Labute approximate surface area is 154 Å². The van der Waals surface area contributed by atoms with Crippen LogP contribution in [0.4, 0.5) is 4.39 Å². The predicted octanol–water partition coefficient (Wildman–Crippen LogP) is 2.64. The van der Waals surface area contributed by atoms with Crippen LogP contribution in [0.15, 0.2) is 36.7 Å². The number of nitrogens with zero attached hydrogens (tertiary/aromatic N) is 4. The lowest BCUT2D eigenvalue weighted by molar-refractivity contribution is -0.130. The third kappa shape index (κ3) is 4.30. The number of hydrogen-bond donors (Lipinski definition) is 0. The summed E-state index contributed by atoms with van der Waals surface area (Å²) >= 11 is 0. The average Bonchev–Trinajstić information content (AvgIpc) is 3.03. The van der Waals surface area contributed by atoms with Gasteiger partial charge in [0, 0.05) is 38.4 Å². The van der Waals surface area contributed by atoms with E-state index in [1.54, 1.807) is 12.1 Å². The van der Waals surface area contributed by atoms with Crippen molar-refractivity contribution in [2.75, 3.05) is 27.2 Å². The summed E-state index contributed by atoms with van der Waals surface area (Å²) < 4.78 is 14.9. The zero-order valence-electron chi connectivity index (χ0n) is 15.7. The van der Waals surface area contributed by atoms with Gasteiger partial charge in [0.2, 0.25) is 5.91 Å². The first kappa shape index (κ1) is 18.6. The first-order valence-electron chi connectivity index (χ1n) is 9.11. The van der Waals surface area contributed by atoms with Crippen LogP contribution in [0.1, 0.15) is 30.0 Å². The van der Waals surface area contributed by atoms with Gasteiger partial charge in [0.25, 0.3) is 0 Å². The van der Waals surface area contributed by atoms with Crippen LogP contribution in [0, 0.1) is 11.7 Å². The van der Waals surface area contributed by atoms with E-state index in [0.29, 0.717) is 18.9 Å². The smallest absolute Gasteiger partial charge is 0.226 e. The van der Waals surface area contributed by atoms with Crippen LogP contribution in [0.25, 0.3) is 0 Å². The van der Waals surface area contributed by atoms with E-state index < -0.39 is 0 Å². The molecule has 0 saturated carbocycles. The Morgan fingerprint density at radius 3 is 2.69 bits per heavy atom. The topological polar surface area (TPSA) is 41.4 Å². The largest absolute Gasteiger partial charge is 0.345 e. The van der Waals surface area contributed by atoms with E-state index in [1.165, 1.54) is 17.7 Å². The SMILES string of the molecule is CN(C[C@@H]1CCCN(C)[C@H]1c1cnn(C)c1)C(=O)Cc1ccc(F)cc1. The monoisotopic (exact) mass is 358 g/mol. The maximum Gasteiger partial charge on any atom is 0.226 e. The summed E-state index contributed by atoms with van der Waals surface area (Å²) in [6.45, 7) is 1.77. The van der Waals surface area contributed by atoms with Gasteiger partial charge < -0.3 is 4.90 Å². The summed E-state index contributed by atoms with van der Waals surface area (Å²) in [7, 11) is 5.94. The van der Waals surface area contributed by atoms with E-state index in [-0.39, 0.29) is 17.8 Å². The predicted molar refractivity (Wildman–Crippen MR) is 99.0 cm³/mol.